The van der Waals surface area contributed by atoms with Crippen molar-refractivity contribution in [2.24, 2.45) is 5.73 Å². The highest BCUT2D eigenvalue weighted by Crippen LogP contribution is 2.28. The SMILES string of the molecule is Cl.NC(C(=O)Nc1ccc(-c2ccc(=O)[nH]n2)c(F)c1)C(c1ccccc1)c1ccccc1. The van der Waals surface area contributed by atoms with Crippen molar-refractivity contribution in [3.8, 4) is 11.3 Å². The van der Waals surface area contributed by atoms with Crippen molar-refractivity contribution in [1.29, 1.82) is 0 Å². The zero-order chi connectivity index (χ0) is 22.5. The molecule has 0 aliphatic carbocycles. The fourth-order valence-electron chi connectivity index (χ4n) is 3.60. The number of aromatic amines is 1. The first-order chi connectivity index (χ1) is 15.5. The van der Waals surface area contributed by atoms with Gasteiger partial charge in [0.05, 0.1) is 11.7 Å². The normalized spacial score (nSPS) is 11.5. The molecule has 4 N–H and O–H groups in total. The first kappa shape index (κ1) is 23.8. The molecule has 168 valence electrons. The second-order valence-electron chi connectivity index (χ2n) is 7.32. The third kappa shape index (κ3) is 5.52. The number of carbonyl (C=O) groups is 1. The van der Waals surface area contributed by atoms with Crippen LogP contribution in [0.3, 0.4) is 0 Å². The van der Waals surface area contributed by atoms with E-state index >= 15 is 0 Å². The topological polar surface area (TPSA) is 101 Å². The van der Waals surface area contributed by atoms with E-state index < -0.39 is 17.8 Å². The minimum absolute atomic E-state index is 0. The largest absolute Gasteiger partial charge is 0.325 e. The van der Waals surface area contributed by atoms with Crippen LogP contribution in [0, 0.1) is 5.82 Å². The van der Waals surface area contributed by atoms with E-state index in [0.29, 0.717) is 0 Å². The van der Waals surface area contributed by atoms with Crippen LogP contribution in [-0.4, -0.2) is 22.1 Å². The summed E-state index contributed by atoms with van der Waals surface area (Å²) < 4.78 is 14.7. The molecule has 0 bridgehead atoms. The molecular formula is C25H22ClFN4O2. The second-order valence-corrected chi connectivity index (χ2v) is 7.32. The fourth-order valence-corrected chi connectivity index (χ4v) is 3.60. The van der Waals surface area contributed by atoms with Crippen LogP contribution in [0.2, 0.25) is 0 Å². The molecule has 1 atom stereocenters. The van der Waals surface area contributed by atoms with Crippen LogP contribution in [0.15, 0.2) is 95.8 Å². The van der Waals surface area contributed by atoms with Gasteiger partial charge in [-0.15, -0.1) is 12.4 Å². The van der Waals surface area contributed by atoms with Crippen molar-refractivity contribution >= 4 is 24.0 Å². The average molecular weight is 465 g/mol. The highest BCUT2D eigenvalue weighted by atomic mass is 35.5. The van der Waals surface area contributed by atoms with Crippen LogP contribution in [-0.2, 0) is 4.79 Å². The number of H-pyrrole nitrogens is 1. The first-order valence-electron chi connectivity index (χ1n) is 10.0. The lowest BCUT2D eigenvalue weighted by Crippen LogP contribution is -2.41. The molecule has 4 aromatic rings. The number of benzene rings is 3. The van der Waals surface area contributed by atoms with Crippen molar-refractivity contribution in [3.05, 3.63) is 118 Å². The molecule has 0 aliphatic rings. The number of halogens is 2. The van der Waals surface area contributed by atoms with Crippen LogP contribution < -0.4 is 16.6 Å². The Balaban J connectivity index is 0.00000306. The number of carbonyl (C=O) groups excluding carboxylic acids is 1. The number of nitrogens with zero attached hydrogens (tertiary/aromatic N) is 1. The third-order valence-electron chi connectivity index (χ3n) is 5.17. The molecule has 8 heteroatoms. The summed E-state index contributed by atoms with van der Waals surface area (Å²) in [6, 6.07) is 25.2. The number of hydrogen-bond acceptors (Lipinski definition) is 4. The van der Waals surface area contributed by atoms with Gasteiger partial charge in [0.15, 0.2) is 0 Å². The van der Waals surface area contributed by atoms with Gasteiger partial charge in [0, 0.05) is 23.2 Å². The Kier molecular flexibility index (Phi) is 7.71. The molecule has 0 saturated heterocycles. The van der Waals surface area contributed by atoms with Crippen LogP contribution >= 0.6 is 12.4 Å². The van der Waals surface area contributed by atoms with Gasteiger partial charge in [-0.3, -0.25) is 9.59 Å². The first-order valence-corrected chi connectivity index (χ1v) is 10.0. The summed E-state index contributed by atoms with van der Waals surface area (Å²) in [5.74, 6) is -1.39. The molecule has 0 aliphatic heterocycles. The number of amides is 1. The minimum atomic E-state index is -0.900. The summed E-state index contributed by atoms with van der Waals surface area (Å²) in [6.45, 7) is 0. The van der Waals surface area contributed by atoms with Crippen LogP contribution in [0.1, 0.15) is 17.0 Å². The molecule has 0 spiro atoms. The number of hydrogen-bond donors (Lipinski definition) is 3. The van der Waals surface area contributed by atoms with Gasteiger partial charge < -0.3 is 11.1 Å². The van der Waals surface area contributed by atoms with Gasteiger partial charge in [0.25, 0.3) is 5.56 Å². The fraction of sp³-hybridized carbons (Fsp3) is 0.0800. The molecule has 4 rings (SSSR count). The van der Waals surface area contributed by atoms with E-state index in [9.17, 15) is 14.0 Å². The number of nitrogens with two attached hydrogens (primary N) is 1. The molecule has 6 nitrogen and oxygen atoms in total. The summed E-state index contributed by atoms with van der Waals surface area (Å²) in [4.78, 5) is 24.2. The minimum Gasteiger partial charge on any atom is -0.325 e. The van der Waals surface area contributed by atoms with Crippen molar-refractivity contribution in [3.63, 3.8) is 0 Å². The molecule has 0 radical (unpaired) electrons. The molecule has 1 amide bonds. The molecule has 0 saturated carbocycles. The van der Waals surface area contributed by atoms with Gasteiger partial charge in [-0.2, -0.15) is 5.10 Å². The van der Waals surface area contributed by atoms with Gasteiger partial charge in [0.1, 0.15) is 5.82 Å². The lowest BCUT2D eigenvalue weighted by Gasteiger charge is -2.24. The van der Waals surface area contributed by atoms with Crippen LogP contribution in [0.4, 0.5) is 10.1 Å². The van der Waals surface area contributed by atoms with Gasteiger partial charge in [-0.25, -0.2) is 9.49 Å². The maximum Gasteiger partial charge on any atom is 0.264 e. The monoisotopic (exact) mass is 464 g/mol. The molecule has 0 fully saturated rings. The summed E-state index contributed by atoms with van der Waals surface area (Å²) in [6.07, 6.45) is 0. The lowest BCUT2D eigenvalue weighted by molar-refractivity contribution is -0.117. The van der Waals surface area contributed by atoms with E-state index in [4.69, 9.17) is 5.73 Å². The zero-order valence-electron chi connectivity index (χ0n) is 17.4. The van der Waals surface area contributed by atoms with Crippen molar-refractivity contribution in [2.45, 2.75) is 12.0 Å². The van der Waals surface area contributed by atoms with Gasteiger partial charge >= 0.3 is 0 Å². The smallest absolute Gasteiger partial charge is 0.264 e. The number of anilines is 1. The van der Waals surface area contributed by atoms with Crippen molar-refractivity contribution < 1.29 is 9.18 Å². The summed E-state index contributed by atoms with van der Waals surface area (Å²) in [7, 11) is 0. The quantitative estimate of drug-likeness (QED) is 0.400. The second kappa shape index (κ2) is 10.7. The van der Waals surface area contributed by atoms with E-state index in [1.807, 2.05) is 60.7 Å². The Labute approximate surface area is 196 Å². The Hall–Kier alpha value is -3.81. The summed E-state index contributed by atoms with van der Waals surface area (Å²) in [5.41, 5.74) is 8.60. The van der Waals surface area contributed by atoms with Gasteiger partial charge in [0.2, 0.25) is 5.91 Å². The zero-order valence-corrected chi connectivity index (χ0v) is 18.3. The molecule has 1 unspecified atom stereocenters. The number of nitrogens with one attached hydrogen (secondary N) is 2. The molecule has 33 heavy (non-hydrogen) atoms. The van der Waals surface area contributed by atoms with E-state index in [1.165, 1.54) is 24.3 Å². The molecule has 1 heterocycles. The van der Waals surface area contributed by atoms with Crippen LogP contribution in [0.25, 0.3) is 11.3 Å². The molecule has 3 aromatic carbocycles. The lowest BCUT2D eigenvalue weighted by atomic mass is 9.85. The predicted octanol–water partition coefficient (Wildman–Crippen LogP) is 4.10. The maximum absolute atomic E-state index is 14.7. The molecular weight excluding hydrogens is 443 g/mol. The molecule has 1 aromatic heterocycles. The standard InChI is InChI=1S/C25H21FN4O2.ClH/c26-20-15-18(11-12-19(20)21-13-14-22(31)30-29-21)28-25(32)24(27)23(16-7-3-1-4-8-16)17-9-5-2-6-10-17;/h1-15,23-24H,27H2,(H,28,32)(H,30,31);1H. The van der Waals surface area contributed by atoms with E-state index in [2.05, 4.69) is 15.5 Å². The number of aromatic nitrogens is 2. The highest BCUT2D eigenvalue weighted by molar-refractivity contribution is 5.96. The van der Waals surface area contributed by atoms with E-state index in [1.54, 1.807) is 6.07 Å². The Morgan fingerprint density at radius 1 is 0.909 bits per heavy atom. The number of rotatable bonds is 6. The van der Waals surface area contributed by atoms with Crippen molar-refractivity contribution in [2.75, 3.05) is 5.32 Å². The average Bonchev–Trinajstić information content (AvgIpc) is 2.81. The third-order valence-corrected chi connectivity index (χ3v) is 5.17. The van der Waals surface area contributed by atoms with Crippen LogP contribution in [0.5, 0.6) is 0 Å². The van der Waals surface area contributed by atoms with E-state index in [-0.39, 0.29) is 40.8 Å². The Bertz CT molecular complexity index is 1220. The maximum atomic E-state index is 14.7. The highest BCUT2D eigenvalue weighted by Gasteiger charge is 2.28. The van der Waals surface area contributed by atoms with Gasteiger partial charge in [-0.1, -0.05) is 60.7 Å². The summed E-state index contributed by atoms with van der Waals surface area (Å²) >= 11 is 0. The van der Waals surface area contributed by atoms with Gasteiger partial charge in [-0.05, 0) is 35.4 Å². The van der Waals surface area contributed by atoms with E-state index in [0.717, 1.165) is 11.1 Å². The predicted molar refractivity (Wildman–Crippen MR) is 129 cm³/mol. The van der Waals surface area contributed by atoms with Crippen molar-refractivity contribution in [1.82, 2.24) is 10.2 Å². The Morgan fingerprint density at radius 3 is 2.03 bits per heavy atom. The Morgan fingerprint density at radius 2 is 1.52 bits per heavy atom. The summed E-state index contributed by atoms with van der Waals surface area (Å²) in [5, 5.41) is 8.81.